The van der Waals surface area contributed by atoms with Crippen molar-refractivity contribution in [3.05, 3.63) is 54.1 Å². The first-order valence-electron chi connectivity index (χ1n) is 5.91. The van der Waals surface area contributed by atoms with Crippen molar-refractivity contribution in [2.45, 2.75) is 9.79 Å². The first-order valence-corrected chi connectivity index (χ1v) is 6.73. The standard InChI is InChI=1S/C15H16N2OS/c1-17(2)15(18)11-3-7-13(8-4-11)19-14-9-5-12(16)6-10-14/h3-10H,16H2,1-2H3. The Kier molecular flexibility index (Phi) is 4.12. The molecule has 0 radical (unpaired) electrons. The number of carbonyl (C=O) groups excluding carboxylic acids is 1. The van der Waals surface area contributed by atoms with Gasteiger partial charge in [-0.1, -0.05) is 11.8 Å². The lowest BCUT2D eigenvalue weighted by atomic mass is 10.2. The Hall–Kier alpha value is -1.94. The fourth-order valence-corrected chi connectivity index (χ4v) is 2.41. The molecule has 0 bridgehead atoms. The van der Waals surface area contributed by atoms with Crippen LogP contribution < -0.4 is 5.73 Å². The molecular weight excluding hydrogens is 256 g/mol. The highest BCUT2D eigenvalue weighted by molar-refractivity contribution is 7.99. The van der Waals surface area contributed by atoms with Crippen LogP contribution in [-0.4, -0.2) is 24.9 Å². The van der Waals surface area contributed by atoms with E-state index in [0.29, 0.717) is 5.56 Å². The van der Waals surface area contributed by atoms with Gasteiger partial charge in [0, 0.05) is 35.1 Å². The van der Waals surface area contributed by atoms with Gasteiger partial charge in [0.15, 0.2) is 0 Å². The molecule has 0 saturated heterocycles. The second-order valence-electron chi connectivity index (χ2n) is 4.40. The van der Waals surface area contributed by atoms with E-state index in [4.69, 9.17) is 5.73 Å². The number of hydrogen-bond donors (Lipinski definition) is 1. The van der Waals surface area contributed by atoms with E-state index >= 15 is 0 Å². The van der Waals surface area contributed by atoms with Crippen molar-refractivity contribution in [1.82, 2.24) is 4.90 Å². The largest absolute Gasteiger partial charge is 0.399 e. The maximum absolute atomic E-state index is 11.8. The van der Waals surface area contributed by atoms with Crippen LogP contribution in [-0.2, 0) is 0 Å². The zero-order valence-electron chi connectivity index (χ0n) is 11.0. The summed E-state index contributed by atoms with van der Waals surface area (Å²) >= 11 is 1.64. The molecule has 1 amide bonds. The average Bonchev–Trinajstić information content (AvgIpc) is 2.41. The number of rotatable bonds is 3. The molecule has 0 unspecified atom stereocenters. The van der Waals surface area contributed by atoms with Gasteiger partial charge in [0.05, 0.1) is 0 Å². The minimum absolute atomic E-state index is 0.0176. The summed E-state index contributed by atoms with van der Waals surface area (Å²) in [4.78, 5) is 15.6. The maximum atomic E-state index is 11.8. The fraction of sp³-hybridized carbons (Fsp3) is 0.133. The molecule has 0 saturated carbocycles. The van der Waals surface area contributed by atoms with Gasteiger partial charge in [-0.25, -0.2) is 0 Å². The van der Waals surface area contributed by atoms with Crippen molar-refractivity contribution in [2.75, 3.05) is 19.8 Å². The summed E-state index contributed by atoms with van der Waals surface area (Å²) in [5, 5.41) is 0. The summed E-state index contributed by atoms with van der Waals surface area (Å²) in [7, 11) is 3.50. The highest BCUT2D eigenvalue weighted by Gasteiger charge is 2.07. The molecule has 2 rings (SSSR count). The second kappa shape index (κ2) is 5.80. The van der Waals surface area contributed by atoms with Gasteiger partial charge in [-0.3, -0.25) is 4.79 Å². The van der Waals surface area contributed by atoms with Crippen molar-refractivity contribution in [1.29, 1.82) is 0 Å². The summed E-state index contributed by atoms with van der Waals surface area (Å²) in [6, 6.07) is 15.3. The molecule has 2 aromatic carbocycles. The molecule has 0 atom stereocenters. The van der Waals surface area contributed by atoms with E-state index in [1.165, 1.54) is 0 Å². The van der Waals surface area contributed by atoms with Gasteiger partial charge in [0.2, 0.25) is 0 Å². The van der Waals surface area contributed by atoms with Crippen LogP contribution in [0, 0.1) is 0 Å². The fourth-order valence-electron chi connectivity index (χ4n) is 1.60. The maximum Gasteiger partial charge on any atom is 0.253 e. The number of hydrogen-bond acceptors (Lipinski definition) is 3. The molecular formula is C15H16N2OS. The van der Waals surface area contributed by atoms with Crippen LogP contribution in [0.3, 0.4) is 0 Å². The van der Waals surface area contributed by atoms with Crippen LogP contribution in [0.25, 0.3) is 0 Å². The number of anilines is 1. The number of nitrogens with two attached hydrogens (primary N) is 1. The first-order chi connectivity index (χ1) is 9.06. The number of amides is 1. The quantitative estimate of drug-likeness (QED) is 0.873. The smallest absolute Gasteiger partial charge is 0.253 e. The molecule has 4 heteroatoms. The van der Waals surface area contributed by atoms with E-state index < -0.39 is 0 Å². The van der Waals surface area contributed by atoms with Crippen LogP contribution in [0.4, 0.5) is 5.69 Å². The van der Waals surface area contributed by atoms with Gasteiger partial charge in [-0.2, -0.15) is 0 Å². The van der Waals surface area contributed by atoms with Gasteiger partial charge in [-0.05, 0) is 48.5 Å². The van der Waals surface area contributed by atoms with Crippen molar-refractivity contribution in [3.63, 3.8) is 0 Å². The first kappa shape index (κ1) is 13.5. The number of benzene rings is 2. The molecule has 0 aromatic heterocycles. The Bertz CT molecular complexity index is 562. The number of nitrogens with zero attached hydrogens (tertiary/aromatic N) is 1. The van der Waals surface area contributed by atoms with Crippen LogP contribution in [0.2, 0.25) is 0 Å². The molecule has 2 aromatic rings. The lowest BCUT2D eigenvalue weighted by Gasteiger charge is -2.10. The van der Waals surface area contributed by atoms with Crippen molar-refractivity contribution >= 4 is 23.4 Å². The summed E-state index contributed by atoms with van der Waals surface area (Å²) in [5.74, 6) is 0.0176. The van der Waals surface area contributed by atoms with Gasteiger partial charge in [-0.15, -0.1) is 0 Å². The zero-order valence-corrected chi connectivity index (χ0v) is 11.8. The Labute approximate surface area is 117 Å². The van der Waals surface area contributed by atoms with Gasteiger partial charge in [0.1, 0.15) is 0 Å². The van der Waals surface area contributed by atoms with Gasteiger partial charge < -0.3 is 10.6 Å². The summed E-state index contributed by atoms with van der Waals surface area (Å²) in [6.45, 7) is 0. The van der Waals surface area contributed by atoms with Crippen LogP contribution >= 0.6 is 11.8 Å². The lowest BCUT2D eigenvalue weighted by molar-refractivity contribution is 0.0827. The van der Waals surface area contributed by atoms with Gasteiger partial charge >= 0.3 is 0 Å². The number of carbonyl (C=O) groups is 1. The Morgan fingerprint density at radius 3 is 1.89 bits per heavy atom. The average molecular weight is 272 g/mol. The van der Waals surface area contributed by atoms with E-state index in [1.54, 1.807) is 30.8 Å². The monoisotopic (exact) mass is 272 g/mol. The summed E-state index contributed by atoms with van der Waals surface area (Å²) < 4.78 is 0. The predicted octanol–water partition coefficient (Wildman–Crippen LogP) is 3.12. The third kappa shape index (κ3) is 3.51. The summed E-state index contributed by atoms with van der Waals surface area (Å²) in [5.41, 5.74) is 7.11. The van der Waals surface area contributed by atoms with E-state index in [-0.39, 0.29) is 5.91 Å². The van der Waals surface area contributed by atoms with Crippen LogP contribution in [0.15, 0.2) is 58.3 Å². The van der Waals surface area contributed by atoms with E-state index in [2.05, 4.69) is 0 Å². The SMILES string of the molecule is CN(C)C(=O)c1ccc(Sc2ccc(N)cc2)cc1. The zero-order chi connectivity index (χ0) is 13.8. The van der Waals surface area contributed by atoms with Gasteiger partial charge in [0.25, 0.3) is 5.91 Å². The highest BCUT2D eigenvalue weighted by Crippen LogP contribution is 2.28. The van der Waals surface area contributed by atoms with Crippen LogP contribution in [0.1, 0.15) is 10.4 Å². The molecule has 0 aliphatic rings. The molecule has 0 aliphatic heterocycles. The minimum Gasteiger partial charge on any atom is -0.399 e. The van der Waals surface area contributed by atoms with E-state index in [9.17, 15) is 4.79 Å². The molecule has 0 aliphatic carbocycles. The second-order valence-corrected chi connectivity index (χ2v) is 5.54. The highest BCUT2D eigenvalue weighted by atomic mass is 32.2. The van der Waals surface area contributed by atoms with E-state index in [0.717, 1.165) is 15.5 Å². The van der Waals surface area contributed by atoms with Crippen molar-refractivity contribution in [2.24, 2.45) is 0 Å². The topological polar surface area (TPSA) is 46.3 Å². The molecule has 19 heavy (non-hydrogen) atoms. The lowest BCUT2D eigenvalue weighted by Crippen LogP contribution is -2.21. The molecule has 0 fully saturated rings. The predicted molar refractivity (Wildman–Crippen MR) is 79.4 cm³/mol. The third-order valence-corrected chi connectivity index (χ3v) is 3.64. The Morgan fingerprint density at radius 2 is 1.42 bits per heavy atom. The molecule has 98 valence electrons. The third-order valence-electron chi connectivity index (χ3n) is 2.62. The van der Waals surface area contributed by atoms with Crippen molar-refractivity contribution in [3.8, 4) is 0 Å². The summed E-state index contributed by atoms with van der Waals surface area (Å²) in [6.07, 6.45) is 0. The van der Waals surface area contributed by atoms with Crippen LogP contribution in [0.5, 0.6) is 0 Å². The Morgan fingerprint density at radius 1 is 0.947 bits per heavy atom. The molecule has 2 N–H and O–H groups in total. The molecule has 0 spiro atoms. The molecule has 3 nitrogen and oxygen atoms in total. The normalized spacial score (nSPS) is 10.2. The Balaban J connectivity index is 2.10. The minimum atomic E-state index is 0.0176. The van der Waals surface area contributed by atoms with Crippen molar-refractivity contribution < 1.29 is 4.79 Å². The molecule has 0 heterocycles. The van der Waals surface area contributed by atoms with E-state index in [1.807, 2.05) is 48.5 Å². The number of nitrogen functional groups attached to an aromatic ring is 1.